The summed E-state index contributed by atoms with van der Waals surface area (Å²) in [5.41, 5.74) is 13.7. The van der Waals surface area contributed by atoms with E-state index < -0.39 is 5.54 Å². The molecule has 0 aromatic rings. The van der Waals surface area contributed by atoms with E-state index in [-0.39, 0.29) is 12.1 Å². The van der Waals surface area contributed by atoms with E-state index in [2.05, 4.69) is 52.5 Å². The first-order valence-electron chi connectivity index (χ1n) is 8.11. The molecule has 0 aromatic carbocycles. The maximum absolute atomic E-state index is 6.85. The topological polar surface area (TPSA) is 61.3 Å². The molecule has 5 unspecified atom stereocenters. The van der Waals surface area contributed by atoms with E-state index in [1.54, 1.807) is 0 Å². The van der Waals surface area contributed by atoms with Gasteiger partial charge in [0.15, 0.2) is 0 Å². The van der Waals surface area contributed by atoms with Crippen molar-refractivity contribution < 1.29 is 4.74 Å². The van der Waals surface area contributed by atoms with Gasteiger partial charge in [0, 0.05) is 18.4 Å². The van der Waals surface area contributed by atoms with Crippen molar-refractivity contribution in [2.75, 3.05) is 0 Å². The number of ether oxygens (including phenoxy) is 1. The Kier molecular flexibility index (Phi) is 4.64. The van der Waals surface area contributed by atoms with Crippen molar-refractivity contribution in [3.05, 3.63) is 36.1 Å². The van der Waals surface area contributed by atoms with Gasteiger partial charge in [-0.2, -0.15) is 0 Å². The van der Waals surface area contributed by atoms with E-state index in [0.717, 1.165) is 24.2 Å². The van der Waals surface area contributed by atoms with Crippen LogP contribution in [0.1, 0.15) is 40.5 Å². The van der Waals surface area contributed by atoms with Crippen LogP contribution in [0.15, 0.2) is 36.1 Å². The summed E-state index contributed by atoms with van der Waals surface area (Å²) < 4.78 is 6.23. The highest BCUT2D eigenvalue weighted by molar-refractivity contribution is 5.41. The van der Waals surface area contributed by atoms with E-state index in [4.69, 9.17) is 16.2 Å². The Balaban J connectivity index is 2.31. The van der Waals surface area contributed by atoms with Crippen LogP contribution in [0.3, 0.4) is 0 Å². The molecule has 2 aliphatic carbocycles. The first-order chi connectivity index (χ1) is 9.80. The van der Waals surface area contributed by atoms with Gasteiger partial charge >= 0.3 is 0 Å². The molecule has 118 valence electrons. The zero-order valence-corrected chi connectivity index (χ0v) is 13.8. The molecular formula is C18H30N2O. The van der Waals surface area contributed by atoms with Crippen molar-refractivity contribution in [2.45, 2.75) is 58.2 Å². The third kappa shape index (κ3) is 2.82. The maximum Gasteiger partial charge on any atom is 0.122 e. The second-order valence-electron chi connectivity index (χ2n) is 6.84. The normalized spacial score (nSPS) is 40.2. The third-order valence-corrected chi connectivity index (χ3v) is 5.49. The lowest BCUT2D eigenvalue weighted by atomic mass is 9.63. The van der Waals surface area contributed by atoms with Crippen molar-refractivity contribution in [1.29, 1.82) is 0 Å². The lowest BCUT2D eigenvalue weighted by Crippen LogP contribution is -2.63. The summed E-state index contributed by atoms with van der Waals surface area (Å²) in [6, 6.07) is -0.00309. The van der Waals surface area contributed by atoms with E-state index in [0.29, 0.717) is 17.8 Å². The summed E-state index contributed by atoms with van der Waals surface area (Å²) in [4.78, 5) is 0. The maximum atomic E-state index is 6.85. The van der Waals surface area contributed by atoms with Gasteiger partial charge < -0.3 is 16.2 Å². The van der Waals surface area contributed by atoms with Crippen LogP contribution in [-0.2, 0) is 4.74 Å². The van der Waals surface area contributed by atoms with Gasteiger partial charge in [-0.1, -0.05) is 52.5 Å². The van der Waals surface area contributed by atoms with Crippen LogP contribution in [0.25, 0.3) is 0 Å². The third-order valence-electron chi connectivity index (χ3n) is 5.49. The molecule has 0 heterocycles. The van der Waals surface area contributed by atoms with E-state index in [9.17, 15) is 0 Å². The minimum atomic E-state index is -0.472. The smallest absolute Gasteiger partial charge is 0.122 e. The molecular weight excluding hydrogens is 260 g/mol. The fourth-order valence-electron chi connectivity index (χ4n) is 3.36. The Hall–Kier alpha value is -1.06. The molecule has 3 nitrogen and oxygen atoms in total. The summed E-state index contributed by atoms with van der Waals surface area (Å²) in [6.45, 7) is 12.8. The lowest BCUT2D eigenvalue weighted by Gasteiger charge is -2.50. The highest BCUT2D eigenvalue weighted by Crippen LogP contribution is 2.43. The van der Waals surface area contributed by atoms with E-state index in [1.165, 1.54) is 0 Å². The molecule has 0 saturated carbocycles. The molecule has 0 aliphatic heterocycles. The minimum absolute atomic E-state index is 0.00309. The molecule has 0 aromatic heterocycles. The highest BCUT2D eigenvalue weighted by atomic mass is 16.5. The molecule has 6 atom stereocenters. The second-order valence-corrected chi connectivity index (χ2v) is 6.84. The summed E-state index contributed by atoms with van der Waals surface area (Å²) in [5.74, 6) is 1.92. The fraction of sp³-hybridized carbons (Fsp3) is 0.667. The van der Waals surface area contributed by atoms with Gasteiger partial charge in [-0.05, 0) is 23.8 Å². The Morgan fingerprint density at radius 2 is 2.19 bits per heavy atom. The molecule has 0 amide bonds. The fourth-order valence-corrected chi connectivity index (χ4v) is 3.36. The van der Waals surface area contributed by atoms with Crippen LogP contribution < -0.4 is 11.5 Å². The average molecular weight is 290 g/mol. The van der Waals surface area contributed by atoms with Gasteiger partial charge in [0.2, 0.25) is 0 Å². The van der Waals surface area contributed by atoms with Gasteiger partial charge in [0.05, 0.1) is 11.3 Å². The van der Waals surface area contributed by atoms with Crippen LogP contribution >= 0.6 is 0 Å². The van der Waals surface area contributed by atoms with E-state index >= 15 is 0 Å². The molecule has 0 bridgehead atoms. The molecule has 2 aliphatic rings. The van der Waals surface area contributed by atoms with Crippen LogP contribution in [0.4, 0.5) is 0 Å². The summed E-state index contributed by atoms with van der Waals surface area (Å²) >= 11 is 0. The zero-order valence-electron chi connectivity index (χ0n) is 13.8. The number of fused-ring (bicyclic) bond motifs is 1. The quantitative estimate of drug-likeness (QED) is 0.782. The van der Waals surface area contributed by atoms with Gasteiger partial charge in [-0.15, -0.1) is 0 Å². The molecule has 0 spiro atoms. The van der Waals surface area contributed by atoms with Crippen LogP contribution in [0.5, 0.6) is 0 Å². The zero-order chi connectivity index (χ0) is 15.8. The van der Waals surface area contributed by atoms with Crippen molar-refractivity contribution in [3.8, 4) is 0 Å². The molecule has 4 N–H and O–H groups in total. The average Bonchev–Trinajstić information content (AvgIpc) is 2.45. The SMILES string of the molecule is C=C(O[C@H]1CC(N)C=C2C=CC(C)C(C)C21N)C(C)CC. The first kappa shape index (κ1) is 16.3. The van der Waals surface area contributed by atoms with Gasteiger partial charge in [0.1, 0.15) is 6.10 Å². The van der Waals surface area contributed by atoms with Crippen molar-refractivity contribution in [1.82, 2.24) is 0 Å². The second kappa shape index (κ2) is 5.98. The predicted octanol–water partition coefficient (Wildman–Crippen LogP) is 3.13. The molecule has 0 saturated heterocycles. The molecule has 0 radical (unpaired) electrons. The molecule has 0 fully saturated rings. The van der Waals surface area contributed by atoms with Gasteiger partial charge in [-0.3, -0.25) is 0 Å². The summed E-state index contributed by atoms with van der Waals surface area (Å²) in [6.07, 6.45) is 8.12. The summed E-state index contributed by atoms with van der Waals surface area (Å²) in [7, 11) is 0. The Morgan fingerprint density at radius 3 is 2.81 bits per heavy atom. The van der Waals surface area contributed by atoms with Gasteiger partial charge in [-0.25, -0.2) is 0 Å². The van der Waals surface area contributed by atoms with E-state index in [1.807, 2.05) is 0 Å². The highest BCUT2D eigenvalue weighted by Gasteiger charge is 2.49. The van der Waals surface area contributed by atoms with Crippen LogP contribution in [0, 0.1) is 17.8 Å². The number of nitrogens with two attached hydrogens (primary N) is 2. The van der Waals surface area contributed by atoms with Gasteiger partial charge in [0.25, 0.3) is 0 Å². The van der Waals surface area contributed by atoms with Crippen molar-refractivity contribution in [2.24, 2.45) is 29.2 Å². The van der Waals surface area contributed by atoms with Crippen LogP contribution in [-0.4, -0.2) is 17.7 Å². The summed E-state index contributed by atoms with van der Waals surface area (Å²) in [5, 5.41) is 0. The Bertz CT molecular complexity index is 468. The largest absolute Gasteiger partial charge is 0.493 e. The molecule has 21 heavy (non-hydrogen) atoms. The first-order valence-corrected chi connectivity index (χ1v) is 8.11. The Morgan fingerprint density at radius 1 is 1.52 bits per heavy atom. The van der Waals surface area contributed by atoms with Crippen molar-refractivity contribution in [3.63, 3.8) is 0 Å². The number of rotatable bonds is 4. The molecule has 2 rings (SSSR count). The Labute approximate surface area is 129 Å². The minimum Gasteiger partial charge on any atom is -0.493 e. The number of hydrogen-bond acceptors (Lipinski definition) is 3. The lowest BCUT2D eigenvalue weighted by molar-refractivity contribution is 0.00472. The van der Waals surface area contributed by atoms with Crippen LogP contribution in [0.2, 0.25) is 0 Å². The number of allylic oxidation sites excluding steroid dienone is 2. The monoisotopic (exact) mass is 290 g/mol. The van der Waals surface area contributed by atoms with Crippen molar-refractivity contribution >= 4 is 0 Å². The molecule has 3 heteroatoms. The number of hydrogen-bond donors (Lipinski definition) is 2. The standard InChI is InChI=1S/C18H30N2O/c1-6-11(2)14(5)21-17-10-16(19)9-15-8-7-12(3)13(4)18(15,17)20/h7-9,11-13,16-17H,5-6,10,19-20H2,1-4H3/t11?,12?,13?,16?,17-,18?/m0/s1. The predicted molar refractivity (Wildman–Crippen MR) is 88.5 cm³/mol.